The van der Waals surface area contributed by atoms with E-state index in [4.69, 9.17) is 0 Å². The van der Waals surface area contributed by atoms with Gasteiger partial charge in [-0.1, -0.05) is 13.0 Å². The topological polar surface area (TPSA) is 23.5 Å². The number of benzene rings is 1. The first-order valence-corrected chi connectivity index (χ1v) is 6.61. The molecule has 0 aromatic heterocycles. The van der Waals surface area contributed by atoms with Crippen molar-refractivity contribution in [2.45, 2.75) is 44.1 Å². The molecular weight excluding hydrogens is 210 g/mol. The first-order valence-electron chi connectivity index (χ1n) is 6.61. The number of fused-ring (bicyclic) bond motifs is 4. The van der Waals surface area contributed by atoms with Gasteiger partial charge in [-0.15, -0.1) is 0 Å². The van der Waals surface area contributed by atoms with E-state index >= 15 is 0 Å². The first kappa shape index (κ1) is 11.1. The molecule has 1 aromatic carbocycles. The van der Waals surface area contributed by atoms with Crippen molar-refractivity contribution in [3.05, 3.63) is 29.3 Å². The predicted molar refractivity (Wildman–Crippen MR) is 69.4 cm³/mol. The molecule has 1 fully saturated rings. The third kappa shape index (κ3) is 1.75. The van der Waals surface area contributed by atoms with E-state index in [-0.39, 0.29) is 5.41 Å². The normalized spacial score (nSPS) is 32.9. The second-order valence-corrected chi connectivity index (χ2v) is 6.05. The van der Waals surface area contributed by atoms with Crippen LogP contribution in [0.2, 0.25) is 0 Å². The van der Waals surface area contributed by atoms with Gasteiger partial charge in [-0.3, -0.25) is 0 Å². The zero-order valence-electron chi connectivity index (χ0n) is 10.7. The third-order valence-electron chi connectivity index (χ3n) is 4.75. The van der Waals surface area contributed by atoms with Crippen molar-refractivity contribution >= 4 is 0 Å². The minimum Gasteiger partial charge on any atom is -0.508 e. The fraction of sp³-hybridized carbons (Fsp3) is 0.600. The maximum atomic E-state index is 9.71. The van der Waals surface area contributed by atoms with Gasteiger partial charge in [-0.25, -0.2) is 0 Å². The molecule has 2 heteroatoms. The second kappa shape index (κ2) is 3.74. The fourth-order valence-electron chi connectivity index (χ4n) is 3.71. The Hall–Kier alpha value is -1.02. The van der Waals surface area contributed by atoms with Crippen molar-refractivity contribution in [3.8, 4) is 5.75 Å². The molecule has 2 bridgehead atoms. The molecule has 1 aromatic rings. The zero-order valence-corrected chi connectivity index (χ0v) is 10.7. The van der Waals surface area contributed by atoms with Gasteiger partial charge in [0.1, 0.15) is 5.75 Å². The number of aromatic hydroxyl groups is 1. The maximum Gasteiger partial charge on any atom is 0.115 e. The molecule has 0 saturated carbocycles. The highest BCUT2D eigenvalue weighted by Gasteiger charge is 2.39. The number of likely N-dealkylation sites (tertiary alicyclic amines) is 1. The van der Waals surface area contributed by atoms with E-state index < -0.39 is 0 Å². The molecule has 0 amide bonds. The smallest absolute Gasteiger partial charge is 0.115 e. The second-order valence-electron chi connectivity index (χ2n) is 6.05. The van der Waals surface area contributed by atoms with Gasteiger partial charge >= 0.3 is 0 Å². The van der Waals surface area contributed by atoms with Gasteiger partial charge < -0.3 is 10.0 Å². The maximum absolute atomic E-state index is 9.71. The van der Waals surface area contributed by atoms with E-state index in [1.54, 1.807) is 0 Å². The van der Waals surface area contributed by atoms with Crippen LogP contribution in [0, 0.1) is 0 Å². The molecule has 2 aliphatic rings. The minimum absolute atomic E-state index is 0.266. The van der Waals surface area contributed by atoms with E-state index in [9.17, 15) is 5.11 Å². The lowest BCUT2D eigenvalue weighted by Gasteiger charge is -2.40. The van der Waals surface area contributed by atoms with Crippen LogP contribution in [0.15, 0.2) is 18.2 Å². The van der Waals surface area contributed by atoms with Crippen molar-refractivity contribution < 1.29 is 5.11 Å². The average molecular weight is 231 g/mol. The summed E-state index contributed by atoms with van der Waals surface area (Å²) in [6, 6.07) is 6.63. The van der Waals surface area contributed by atoms with Crippen LogP contribution < -0.4 is 0 Å². The Morgan fingerprint density at radius 2 is 2.24 bits per heavy atom. The molecular formula is C15H21NO. The number of hydrogen-bond acceptors (Lipinski definition) is 2. The van der Waals surface area contributed by atoms with Crippen molar-refractivity contribution in [3.63, 3.8) is 0 Å². The summed E-state index contributed by atoms with van der Waals surface area (Å²) in [5.74, 6) is 0.418. The van der Waals surface area contributed by atoms with Gasteiger partial charge in [0.2, 0.25) is 0 Å². The van der Waals surface area contributed by atoms with Crippen LogP contribution in [0.5, 0.6) is 5.75 Å². The summed E-state index contributed by atoms with van der Waals surface area (Å²) in [6.45, 7) is 3.58. The number of hydrogen-bond donors (Lipinski definition) is 1. The molecule has 92 valence electrons. The van der Waals surface area contributed by atoms with E-state index in [0.29, 0.717) is 11.8 Å². The van der Waals surface area contributed by atoms with E-state index in [0.717, 1.165) is 6.42 Å². The molecule has 1 heterocycles. The van der Waals surface area contributed by atoms with E-state index in [1.165, 1.54) is 36.9 Å². The molecule has 2 atom stereocenters. The van der Waals surface area contributed by atoms with Crippen LogP contribution in [0.4, 0.5) is 0 Å². The van der Waals surface area contributed by atoms with E-state index in [1.807, 2.05) is 12.1 Å². The third-order valence-corrected chi connectivity index (χ3v) is 4.75. The summed E-state index contributed by atoms with van der Waals surface area (Å²) in [5, 5.41) is 9.71. The quantitative estimate of drug-likeness (QED) is 0.742. The van der Waals surface area contributed by atoms with Gasteiger partial charge in [0.15, 0.2) is 0 Å². The van der Waals surface area contributed by atoms with Crippen LogP contribution in [0.25, 0.3) is 0 Å². The molecule has 1 unspecified atom stereocenters. The molecule has 1 aliphatic carbocycles. The number of nitrogens with zero attached hydrogens (tertiary/aromatic N) is 1. The van der Waals surface area contributed by atoms with Crippen molar-refractivity contribution in [2.24, 2.45) is 0 Å². The highest BCUT2D eigenvalue weighted by molar-refractivity contribution is 5.42. The van der Waals surface area contributed by atoms with Gasteiger partial charge in [-0.05, 0) is 68.0 Å². The van der Waals surface area contributed by atoms with Crippen molar-refractivity contribution in [1.29, 1.82) is 0 Å². The highest BCUT2D eigenvalue weighted by atomic mass is 16.3. The monoisotopic (exact) mass is 231 g/mol. The van der Waals surface area contributed by atoms with Crippen molar-refractivity contribution in [2.75, 3.05) is 13.6 Å². The largest absolute Gasteiger partial charge is 0.508 e. The molecule has 0 radical (unpaired) electrons. The number of phenols is 1. The lowest BCUT2D eigenvalue weighted by atomic mass is 9.68. The SMILES string of the molecule is CN1CCC[C@]2(C)CC1Cc1ccc(O)cc12. The summed E-state index contributed by atoms with van der Waals surface area (Å²) in [7, 11) is 2.25. The van der Waals surface area contributed by atoms with Crippen LogP contribution >= 0.6 is 0 Å². The van der Waals surface area contributed by atoms with Crippen LogP contribution in [-0.4, -0.2) is 29.6 Å². The predicted octanol–water partition coefficient (Wildman–Crippen LogP) is 2.69. The zero-order chi connectivity index (χ0) is 12.0. The summed E-state index contributed by atoms with van der Waals surface area (Å²) >= 11 is 0. The molecule has 3 rings (SSSR count). The summed E-state index contributed by atoms with van der Waals surface area (Å²) < 4.78 is 0. The molecule has 1 aliphatic heterocycles. The van der Waals surface area contributed by atoms with Gasteiger partial charge in [0, 0.05) is 6.04 Å². The standard InChI is InChI=1S/C15H21NO/c1-15-6-3-7-16(2)12(10-15)8-11-4-5-13(17)9-14(11)15/h4-5,9,12,17H,3,6-8,10H2,1-2H3/t12?,15-/m1/s1. The number of likely N-dealkylation sites (N-methyl/N-ethyl adjacent to an activating group) is 1. The molecule has 17 heavy (non-hydrogen) atoms. The van der Waals surface area contributed by atoms with Crippen molar-refractivity contribution in [1.82, 2.24) is 4.90 Å². The number of rotatable bonds is 0. The Morgan fingerprint density at radius 1 is 1.41 bits per heavy atom. The molecule has 2 nitrogen and oxygen atoms in total. The highest BCUT2D eigenvalue weighted by Crippen LogP contribution is 2.44. The Morgan fingerprint density at radius 3 is 3.06 bits per heavy atom. The van der Waals surface area contributed by atoms with Crippen LogP contribution in [0.3, 0.4) is 0 Å². The lowest BCUT2D eigenvalue weighted by Crippen LogP contribution is -2.40. The average Bonchev–Trinajstić information content (AvgIpc) is 2.40. The lowest BCUT2D eigenvalue weighted by molar-refractivity contribution is 0.215. The Balaban J connectivity index is 2.10. The van der Waals surface area contributed by atoms with Gasteiger partial charge in [0.05, 0.1) is 0 Å². The summed E-state index contributed by atoms with van der Waals surface area (Å²) in [6.07, 6.45) is 4.88. The van der Waals surface area contributed by atoms with Crippen LogP contribution in [-0.2, 0) is 11.8 Å². The van der Waals surface area contributed by atoms with Crippen LogP contribution in [0.1, 0.15) is 37.3 Å². The molecule has 1 saturated heterocycles. The van der Waals surface area contributed by atoms with Gasteiger partial charge in [-0.2, -0.15) is 0 Å². The Labute approximate surface area is 103 Å². The Bertz CT molecular complexity index is 443. The summed E-state index contributed by atoms with van der Waals surface area (Å²) in [4.78, 5) is 2.51. The Kier molecular flexibility index (Phi) is 2.44. The van der Waals surface area contributed by atoms with E-state index in [2.05, 4.69) is 24.9 Å². The molecule has 1 N–H and O–H groups in total. The van der Waals surface area contributed by atoms with Gasteiger partial charge in [0.25, 0.3) is 0 Å². The minimum atomic E-state index is 0.266. The summed E-state index contributed by atoms with van der Waals surface area (Å²) in [5.41, 5.74) is 3.10. The fourth-order valence-corrected chi connectivity index (χ4v) is 3.71. The first-order chi connectivity index (χ1) is 8.08. The number of phenolic OH excluding ortho intramolecular Hbond substituents is 1. The molecule has 0 spiro atoms.